The third kappa shape index (κ3) is 5.11. The molecule has 6 nitrogen and oxygen atoms in total. The minimum atomic E-state index is -0.0967. The highest BCUT2D eigenvalue weighted by atomic mass is 32.1. The lowest BCUT2D eigenvalue weighted by molar-refractivity contribution is -0.120. The number of benzene rings is 2. The van der Waals surface area contributed by atoms with Gasteiger partial charge in [0.1, 0.15) is 5.75 Å². The zero-order chi connectivity index (χ0) is 21.8. The summed E-state index contributed by atoms with van der Waals surface area (Å²) in [4.78, 5) is 23.8. The number of carbonyl (C=O) groups excluding carboxylic acids is 1. The zero-order valence-corrected chi connectivity index (χ0v) is 18.9. The molecule has 0 fully saturated rings. The molecule has 0 bridgehead atoms. The van der Waals surface area contributed by atoms with Gasteiger partial charge in [-0.1, -0.05) is 29.5 Å². The summed E-state index contributed by atoms with van der Waals surface area (Å²) < 4.78 is 8.92. The Morgan fingerprint density at radius 1 is 1.16 bits per heavy atom. The van der Waals surface area contributed by atoms with Crippen LogP contribution in [0, 0.1) is 20.8 Å². The first kappa shape index (κ1) is 21.1. The Balaban J connectivity index is 1.54. The molecule has 2 aromatic heterocycles. The molecule has 0 saturated heterocycles. The Kier molecular flexibility index (Phi) is 6.32. The molecule has 160 valence electrons. The summed E-state index contributed by atoms with van der Waals surface area (Å²) in [7, 11) is 0. The van der Waals surface area contributed by atoms with Crippen molar-refractivity contribution in [3.63, 3.8) is 0 Å². The van der Waals surface area contributed by atoms with E-state index in [1.54, 1.807) is 28.8 Å². The van der Waals surface area contributed by atoms with E-state index in [1.807, 2.05) is 42.0 Å². The van der Waals surface area contributed by atoms with Crippen LogP contribution in [0.2, 0.25) is 0 Å². The van der Waals surface area contributed by atoms with E-state index in [4.69, 9.17) is 9.72 Å². The van der Waals surface area contributed by atoms with Crippen molar-refractivity contribution >= 4 is 32.6 Å². The number of aromatic nitrogens is 3. The quantitative estimate of drug-likeness (QED) is 0.395. The number of ether oxygens (including phenoxy) is 1. The maximum Gasteiger partial charge on any atom is 0.266 e. The highest BCUT2D eigenvalue weighted by Crippen LogP contribution is 2.32. The fraction of sp³-hybridized carbons (Fsp3) is 0.292. The Hall–Kier alpha value is -3.19. The second-order valence-corrected chi connectivity index (χ2v) is 8.71. The molecule has 4 aromatic rings. The van der Waals surface area contributed by atoms with Gasteiger partial charge in [0.05, 0.1) is 16.5 Å². The molecule has 2 aromatic carbocycles. The van der Waals surface area contributed by atoms with Gasteiger partial charge in [-0.25, -0.2) is 9.97 Å². The Labute approximate surface area is 186 Å². The molecule has 0 aliphatic rings. The third-order valence-corrected chi connectivity index (χ3v) is 6.28. The molecule has 0 saturated carbocycles. The second kappa shape index (κ2) is 9.31. The van der Waals surface area contributed by atoms with Crippen molar-refractivity contribution in [2.45, 2.75) is 33.7 Å². The molecule has 0 unspecified atom stereocenters. The minimum absolute atomic E-state index is 0.0253. The number of rotatable bonds is 8. The molecular formula is C24H26N4O2S. The van der Waals surface area contributed by atoms with E-state index in [2.05, 4.69) is 31.0 Å². The van der Waals surface area contributed by atoms with Gasteiger partial charge < -0.3 is 9.30 Å². The van der Waals surface area contributed by atoms with Gasteiger partial charge in [-0.05, 0) is 62.1 Å². The predicted molar refractivity (Wildman–Crippen MR) is 125 cm³/mol. The minimum Gasteiger partial charge on any atom is -0.484 e. The number of thiazole rings is 1. The third-order valence-electron chi connectivity index (χ3n) is 5.05. The zero-order valence-electron chi connectivity index (χ0n) is 18.0. The van der Waals surface area contributed by atoms with Crippen LogP contribution in [0.5, 0.6) is 5.75 Å². The van der Waals surface area contributed by atoms with Crippen molar-refractivity contribution in [2.75, 3.05) is 18.1 Å². The number of hydrogen-bond donors (Lipinski definition) is 0. The van der Waals surface area contributed by atoms with Crippen LogP contribution < -0.4 is 9.64 Å². The fourth-order valence-corrected chi connectivity index (χ4v) is 4.62. The number of fused-ring (bicyclic) bond motifs is 1. The number of aryl methyl sites for hydroxylation is 4. The molecule has 0 radical (unpaired) electrons. The standard InChI is InChI=1S/C24H26N4O2S/c1-17-6-4-7-20(13-17)30-15-22(29)28(10-5-9-27-11-8-25-16-27)24-26-21-14-18(2)12-19(3)23(21)31-24/h4,6-8,11-14,16H,5,9-10,15H2,1-3H3. The average Bonchev–Trinajstić information content (AvgIpc) is 3.39. The maximum absolute atomic E-state index is 13.2. The van der Waals surface area contributed by atoms with Crippen LogP contribution >= 0.6 is 11.3 Å². The van der Waals surface area contributed by atoms with E-state index in [0.717, 1.165) is 28.7 Å². The summed E-state index contributed by atoms with van der Waals surface area (Å²) in [6, 6.07) is 11.9. The highest BCUT2D eigenvalue weighted by molar-refractivity contribution is 7.22. The highest BCUT2D eigenvalue weighted by Gasteiger charge is 2.21. The summed E-state index contributed by atoms with van der Waals surface area (Å²) in [6.45, 7) is 7.47. The van der Waals surface area contributed by atoms with Gasteiger partial charge >= 0.3 is 0 Å². The predicted octanol–water partition coefficient (Wildman–Crippen LogP) is 4.92. The lowest BCUT2D eigenvalue weighted by Gasteiger charge is -2.20. The summed E-state index contributed by atoms with van der Waals surface area (Å²) >= 11 is 1.56. The molecule has 31 heavy (non-hydrogen) atoms. The number of hydrogen-bond acceptors (Lipinski definition) is 5. The van der Waals surface area contributed by atoms with Crippen LogP contribution in [0.1, 0.15) is 23.1 Å². The fourth-order valence-electron chi connectivity index (χ4n) is 3.57. The first-order valence-electron chi connectivity index (χ1n) is 10.3. The first-order chi connectivity index (χ1) is 15.0. The number of amides is 1. The average molecular weight is 435 g/mol. The van der Waals surface area contributed by atoms with E-state index in [9.17, 15) is 4.79 Å². The molecule has 0 N–H and O–H groups in total. The molecule has 2 heterocycles. The summed E-state index contributed by atoms with van der Waals surface area (Å²) in [6.07, 6.45) is 6.27. The van der Waals surface area contributed by atoms with Gasteiger partial charge in [0.25, 0.3) is 5.91 Å². The van der Waals surface area contributed by atoms with Gasteiger partial charge in [-0.15, -0.1) is 0 Å². The normalized spacial score (nSPS) is 11.1. The maximum atomic E-state index is 13.2. The van der Waals surface area contributed by atoms with Crippen molar-refractivity contribution < 1.29 is 9.53 Å². The molecular weight excluding hydrogens is 408 g/mol. The van der Waals surface area contributed by atoms with Gasteiger partial charge in [0.15, 0.2) is 11.7 Å². The van der Waals surface area contributed by atoms with E-state index in [-0.39, 0.29) is 12.5 Å². The van der Waals surface area contributed by atoms with Crippen LogP contribution in [0.3, 0.4) is 0 Å². The van der Waals surface area contributed by atoms with Gasteiger partial charge in [0, 0.05) is 25.5 Å². The SMILES string of the molecule is Cc1cccc(OCC(=O)N(CCCn2ccnc2)c2nc3cc(C)cc(C)c3s2)c1. The van der Waals surface area contributed by atoms with Crippen molar-refractivity contribution in [3.8, 4) is 5.75 Å². The topological polar surface area (TPSA) is 60.2 Å². The Bertz CT molecular complexity index is 1180. The monoisotopic (exact) mass is 434 g/mol. The smallest absolute Gasteiger partial charge is 0.266 e. The van der Waals surface area contributed by atoms with Crippen molar-refractivity contribution in [1.82, 2.24) is 14.5 Å². The summed E-state index contributed by atoms with van der Waals surface area (Å²) in [5, 5.41) is 0.715. The summed E-state index contributed by atoms with van der Waals surface area (Å²) in [5.74, 6) is 0.600. The Morgan fingerprint density at radius 2 is 2.03 bits per heavy atom. The largest absolute Gasteiger partial charge is 0.484 e. The lowest BCUT2D eigenvalue weighted by Crippen LogP contribution is -2.36. The van der Waals surface area contributed by atoms with Gasteiger partial charge in [-0.3, -0.25) is 9.69 Å². The van der Waals surface area contributed by atoms with E-state index < -0.39 is 0 Å². The van der Waals surface area contributed by atoms with Crippen molar-refractivity contribution in [3.05, 3.63) is 71.8 Å². The molecule has 0 spiro atoms. The molecule has 1 amide bonds. The number of anilines is 1. The molecule has 0 atom stereocenters. The number of carbonyl (C=O) groups is 1. The van der Waals surface area contributed by atoms with E-state index >= 15 is 0 Å². The number of imidazole rings is 1. The lowest BCUT2D eigenvalue weighted by atomic mass is 10.1. The molecule has 0 aliphatic heterocycles. The molecule has 7 heteroatoms. The van der Waals surface area contributed by atoms with Gasteiger partial charge in [0.2, 0.25) is 0 Å². The summed E-state index contributed by atoms with van der Waals surface area (Å²) in [5.41, 5.74) is 4.38. The van der Waals surface area contributed by atoms with Gasteiger partial charge in [-0.2, -0.15) is 0 Å². The van der Waals surface area contributed by atoms with Crippen LogP contribution in [-0.4, -0.2) is 33.6 Å². The van der Waals surface area contributed by atoms with Crippen LogP contribution in [-0.2, 0) is 11.3 Å². The number of nitrogens with zero attached hydrogens (tertiary/aromatic N) is 4. The Morgan fingerprint density at radius 3 is 2.81 bits per heavy atom. The van der Waals surface area contributed by atoms with Crippen LogP contribution in [0.4, 0.5) is 5.13 Å². The first-order valence-corrected chi connectivity index (χ1v) is 11.1. The van der Waals surface area contributed by atoms with E-state index in [1.165, 1.54) is 11.1 Å². The molecule has 4 rings (SSSR count). The second-order valence-electron chi connectivity index (χ2n) is 7.73. The van der Waals surface area contributed by atoms with Crippen LogP contribution in [0.25, 0.3) is 10.2 Å². The van der Waals surface area contributed by atoms with Crippen LogP contribution in [0.15, 0.2) is 55.1 Å². The van der Waals surface area contributed by atoms with E-state index in [0.29, 0.717) is 17.4 Å². The van der Waals surface area contributed by atoms with Crippen molar-refractivity contribution in [1.29, 1.82) is 0 Å². The molecule has 0 aliphatic carbocycles. The van der Waals surface area contributed by atoms with Crippen molar-refractivity contribution in [2.24, 2.45) is 0 Å².